The molecule has 0 bridgehead atoms. The second kappa shape index (κ2) is 5.48. The largest absolute Gasteiger partial charge is 0.307 e. The van der Waals surface area contributed by atoms with Gasteiger partial charge in [-0.05, 0) is 49.6 Å². The highest BCUT2D eigenvalue weighted by Crippen LogP contribution is 2.38. The SMILES string of the molecule is Cc1cccc(C2CC(N[C@@H](C)c3cccs3)C2)c1. The van der Waals surface area contributed by atoms with Crippen molar-refractivity contribution in [2.24, 2.45) is 0 Å². The summed E-state index contributed by atoms with van der Waals surface area (Å²) in [5.41, 5.74) is 2.89. The van der Waals surface area contributed by atoms with E-state index in [1.54, 1.807) is 0 Å². The fourth-order valence-electron chi connectivity index (χ4n) is 2.92. The summed E-state index contributed by atoms with van der Waals surface area (Å²) >= 11 is 1.84. The lowest BCUT2D eigenvalue weighted by atomic mass is 9.75. The number of nitrogens with one attached hydrogen (secondary N) is 1. The lowest BCUT2D eigenvalue weighted by molar-refractivity contribution is 0.272. The smallest absolute Gasteiger partial charge is 0.0388 e. The third kappa shape index (κ3) is 2.90. The minimum absolute atomic E-state index is 0.489. The molecule has 0 saturated heterocycles. The zero-order valence-electron chi connectivity index (χ0n) is 11.6. The van der Waals surface area contributed by atoms with Crippen molar-refractivity contribution in [1.82, 2.24) is 5.32 Å². The van der Waals surface area contributed by atoms with Crippen molar-refractivity contribution in [3.05, 3.63) is 57.8 Å². The number of rotatable bonds is 4. The normalized spacial score (nSPS) is 23.9. The molecule has 1 saturated carbocycles. The summed E-state index contributed by atoms with van der Waals surface area (Å²) in [6.45, 7) is 4.45. The molecule has 3 rings (SSSR count). The molecule has 0 radical (unpaired) electrons. The molecule has 1 aromatic carbocycles. The zero-order valence-corrected chi connectivity index (χ0v) is 12.4. The highest BCUT2D eigenvalue weighted by molar-refractivity contribution is 7.10. The van der Waals surface area contributed by atoms with E-state index in [0.717, 1.165) is 5.92 Å². The van der Waals surface area contributed by atoms with Crippen LogP contribution in [0.5, 0.6) is 0 Å². The van der Waals surface area contributed by atoms with E-state index in [1.807, 2.05) is 11.3 Å². The molecule has 100 valence electrons. The standard InChI is InChI=1S/C17H21NS/c1-12-5-3-6-14(9-12)15-10-16(11-15)18-13(2)17-7-4-8-19-17/h3-9,13,15-16,18H,10-11H2,1-2H3/t13-,15?,16?/m0/s1. The number of hydrogen-bond donors (Lipinski definition) is 1. The van der Waals surface area contributed by atoms with Crippen molar-refractivity contribution in [2.45, 2.75) is 44.7 Å². The first kappa shape index (κ1) is 12.9. The molecule has 0 amide bonds. The lowest BCUT2D eigenvalue weighted by Gasteiger charge is -2.38. The van der Waals surface area contributed by atoms with Gasteiger partial charge in [-0.3, -0.25) is 0 Å². The van der Waals surface area contributed by atoms with Crippen LogP contribution in [0.3, 0.4) is 0 Å². The van der Waals surface area contributed by atoms with Gasteiger partial charge in [0, 0.05) is 17.0 Å². The molecule has 1 aliphatic carbocycles. The zero-order chi connectivity index (χ0) is 13.2. The number of benzene rings is 1. The summed E-state index contributed by atoms with van der Waals surface area (Å²) in [5, 5.41) is 5.90. The van der Waals surface area contributed by atoms with Crippen LogP contribution >= 0.6 is 11.3 Å². The molecule has 1 aromatic heterocycles. The molecule has 1 fully saturated rings. The molecule has 1 atom stereocenters. The van der Waals surface area contributed by atoms with Crippen LogP contribution in [0.25, 0.3) is 0 Å². The van der Waals surface area contributed by atoms with Gasteiger partial charge >= 0.3 is 0 Å². The van der Waals surface area contributed by atoms with Crippen LogP contribution in [0.2, 0.25) is 0 Å². The van der Waals surface area contributed by atoms with Crippen LogP contribution < -0.4 is 5.32 Å². The Morgan fingerprint density at radius 2 is 2.05 bits per heavy atom. The molecular formula is C17H21NS. The minimum Gasteiger partial charge on any atom is -0.307 e. The summed E-state index contributed by atoms with van der Waals surface area (Å²) in [5.74, 6) is 0.757. The third-order valence-electron chi connectivity index (χ3n) is 4.11. The van der Waals surface area contributed by atoms with Crippen molar-refractivity contribution in [3.63, 3.8) is 0 Å². The average molecular weight is 271 g/mol. The van der Waals surface area contributed by atoms with Gasteiger partial charge in [0.15, 0.2) is 0 Å². The maximum atomic E-state index is 3.74. The van der Waals surface area contributed by atoms with Crippen LogP contribution in [-0.4, -0.2) is 6.04 Å². The predicted molar refractivity (Wildman–Crippen MR) is 82.8 cm³/mol. The van der Waals surface area contributed by atoms with Gasteiger partial charge in [-0.1, -0.05) is 35.9 Å². The monoisotopic (exact) mass is 271 g/mol. The van der Waals surface area contributed by atoms with E-state index in [-0.39, 0.29) is 0 Å². The number of thiophene rings is 1. The topological polar surface area (TPSA) is 12.0 Å². The van der Waals surface area contributed by atoms with Crippen molar-refractivity contribution in [1.29, 1.82) is 0 Å². The molecule has 1 aliphatic rings. The molecule has 2 heteroatoms. The second-order valence-electron chi connectivity index (χ2n) is 5.68. The molecule has 0 aliphatic heterocycles. The van der Waals surface area contributed by atoms with Crippen molar-refractivity contribution >= 4 is 11.3 Å². The Morgan fingerprint density at radius 3 is 2.74 bits per heavy atom. The maximum Gasteiger partial charge on any atom is 0.0388 e. The maximum absolute atomic E-state index is 3.74. The van der Waals surface area contributed by atoms with Gasteiger partial charge in [0.05, 0.1) is 0 Å². The molecule has 19 heavy (non-hydrogen) atoms. The molecule has 0 unspecified atom stereocenters. The van der Waals surface area contributed by atoms with Gasteiger partial charge in [0.1, 0.15) is 0 Å². The molecule has 1 heterocycles. The minimum atomic E-state index is 0.489. The van der Waals surface area contributed by atoms with E-state index in [1.165, 1.54) is 28.8 Å². The van der Waals surface area contributed by atoms with Crippen LogP contribution in [-0.2, 0) is 0 Å². The highest BCUT2D eigenvalue weighted by Gasteiger charge is 2.31. The fourth-order valence-corrected chi connectivity index (χ4v) is 3.67. The van der Waals surface area contributed by atoms with Crippen LogP contribution in [0.15, 0.2) is 41.8 Å². The Kier molecular flexibility index (Phi) is 3.72. The number of hydrogen-bond acceptors (Lipinski definition) is 2. The molecule has 1 N–H and O–H groups in total. The Balaban J connectivity index is 1.53. The number of aryl methyl sites for hydroxylation is 1. The molecular weight excluding hydrogens is 250 g/mol. The van der Waals surface area contributed by atoms with Crippen molar-refractivity contribution < 1.29 is 0 Å². The van der Waals surface area contributed by atoms with Gasteiger partial charge in [0.25, 0.3) is 0 Å². The third-order valence-corrected chi connectivity index (χ3v) is 5.16. The van der Waals surface area contributed by atoms with Gasteiger partial charge in [-0.2, -0.15) is 0 Å². The van der Waals surface area contributed by atoms with E-state index in [2.05, 4.69) is 60.9 Å². The average Bonchev–Trinajstić information content (AvgIpc) is 2.86. The fraction of sp³-hybridized carbons (Fsp3) is 0.412. The summed E-state index contributed by atoms with van der Waals surface area (Å²) in [6, 6.07) is 14.5. The summed E-state index contributed by atoms with van der Waals surface area (Å²) < 4.78 is 0. The molecule has 1 nitrogen and oxygen atoms in total. The molecule has 2 aromatic rings. The van der Waals surface area contributed by atoms with E-state index in [0.29, 0.717) is 12.1 Å². The summed E-state index contributed by atoms with van der Waals surface area (Å²) in [4.78, 5) is 1.44. The van der Waals surface area contributed by atoms with Gasteiger partial charge < -0.3 is 5.32 Å². The van der Waals surface area contributed by atoms with Crippen LogP contribution in [0.4, 0.5) is 0 Å². The van der Waals surface area contributed by atoms with E-state index >= 15 is 0 Å². The highest BCUT2D eigenvalue weighted by atomic mass is 32.1. The van der Waals surface area contributed by atoms with Gasteiger partial charge in [-0.25, -0.2) is 0 Å². The first-order valence-electron chi connectivity index (χ1n) is 7.08. The van der Waals surface area contributed by atoms with Crippen LogP contribution in [0.1, 0.15) is 47.7 Å². The lowest BCUT2D eigenvalue weighted by Crippen LogP contribution is -2.41. The van der Waals surface area contributed by atoms with Gasteiger partial charge in [-0.15, -0.1) is 11.3 Å². The first-order valence-corrected chi connectivity index (χ1v) is 7.96. The summed E-state index contributed by atoms with van der Waals surface area (Å²) in [6.07, 6.45) is 2.55. The second-order valence-corrected chi connectivity index (χ2v) is 6.66. The Bertz CT molecular complexity index is 526. The Labute approximate surface area is 119 Å². The van der Waals surface area contributed by atoms with Crippen molar-refractivity contribution in [3.8, 4) is 0 Å². The Morgan fingerprint density at radius 1 is 1.21 bits per heavy atom. The van der Waals surface area contributed by atoms with E-state index in [9.17, 15) is 0 Å². The quantitative estimate of drug-likeness (QED) is 0.853. The van der Waals surface area contributed by atoms with Crippen molar-refractivity contribution in [2.75, 3.05) is 0 Å². The first-order chi connectivity index (χ1) is 9.22. The van der Waals surface area contributed by atoms with E-state index < -0.39 is 0 Å². The van der Waals surface area contributed by atoms with E-state index in [4.69, 9.17) is 0 Å². The Hall–Kier alpha value is -1.12. The van der Waals surface area contributed by atoms with Gasteiger partial charge in [0.2, 0.25) is 0 Å². The summed E-state index contributed by atoms with van der Waals surface area (Å²) in [7, 11) is 0. The molecule has 0 spiro atoms. The predicted octanol–water partition coefficient (Wildman–Crippen LogP) is 4.65. The van der Waals surface area contributed by atoms with Crippen LogP contribution in [0, 0.1) is 6.92 Å².